The van der Waals surface area contributed by atoms with Gasteiger partial charge in [0, 0.05) is 12.8 Å². The summed E-state index contributed by atoms with van der Waals surface area (Å²) in [6.07, 6.45) is 7.61. The molecule has 2 heteroatoms. The fourth-order valence-corrected chi connectivity index (χ4v) is 1.52. The predicted octanol–water partition coefficient (Wildman–Crippen LogP) is 2.92. The largest absolute Gasteiger partial charge is 0.303 e. The minimum atomic E-state index is 0.121. The van der Waals surface area contributed by atoms with E-state index >= 15 is 0 Å². The van der Waals surface area contributed by atoms with E-state index in [4.69, 9.17) is 0 Å². The molecule has 0 N–H and O–H groups in total. The first kappa shape index (κ1) is 13.1. The van der Waals surface area contributed by atoms with E-state index in [2.05, 4.69) is 13.5 Å². The van der Waals surface area contributed by atoms with Crippen molar-refractivity contribution in [1.82, 2.24) is 0 Å². The number of hydrogen-bond donors (Lipinski definition) is 0. The molecule has 0 aliphatic rings. The summed E-state index contributed by atoms with van der Waals surface area (Å²) in [5, 5.41) is 0. The second-order valence-electron chi connectivity index (χ2n) is 3.58. The average Bonchev–Trinajstić information content (AvgIpc) is 2.22. The lowest BCUT2D eigenvalue weighted by molar-refractivity contribution is -0.114. The van der Waals surface area contributed by atoms with Crippen LogP contribution in [0.25, 0.3) is 0 Å². The van der Waals surface area contributed by atoms with E-state index in [9.17, 15) is 9.59 Å². The monoisotopic (exact) mass is 196 g/mol. The lowest BCUT2D eigenvalue weighted by atomic mass is 9.94. The summed E-state index contributed by atoms with van der Waals surface area (Å²) in [6.45, 7) is 5.56. The van der Waals surface area contributed by atoms with Gasteiger partial charge in [0.2, 0.25) is 0 Å². The van der Waals surface area contributed by atoms with Gasteiger partial charge in [-0.2, -0.15) is 0 Å². The zero-order valence-corrected chi connectivity index (χ0v) is 9.00. The molecule has 1 unspecified atom stereocenters. The topological polar surface area (TPSA) is 34.1 Å². The number of hydrogen-bond acceptors (Lipinski definition) is 2. The molecule has 0 saturated carbocycles. The van der Waals surface area contributed by atoms with E-state index < -0.39 is 0 Å². The standard InChI is InChI=1S/C12H20O2/c1-3-11(8-6-10-13)7-5-9-12(14)4-2/h4,10-11H,2-3,5-9H2,1H3. The third-order valence-electron chi connectivity index (χ3n) is 2.53. The Morgan fingerprint density at radius 3 is 2.64 bits per heavy atom. The molecular formula is C12H20O2. The van der Waals surface area contributed by atoms with Crippen LogP contribution in [0.2, 0.25) is 0 Å². The molecule has 0 aromatic heterocycles. The molecule has 0 aromatic carbocycles. The summed E-state index contributed by atoms with van der Waals surface area (Å²) in [6, 6.07) is 0. The first-order valence-corrected chi connectivity index (χ1v) is 5.33. The molecule has 0 aliphatic heterocycles. The van der Waals surface area contributed by atoms with Crippen LogP contribution in [0.4, 0.5) is 0 Å². The molecule has 0 aliphatic carbocycles. The second kappa shape index (κ2) is 8.67. The van der Waals surface area contributed by atoms with Crippen LogP contribution in [-0.4, -0.2) is 12.1 Å². The molecule has 0 saturated heterocycles. The van der Waals surface area contributed by atoms with Gasteiger partial charge in [-0.15, -0.1) is 0 Å². The summed E-state index contributed by atoms with van der Waals surface area (Å²) in [4.78, 5) is 21.1. The van der Waals surface area contributed by atoms with Crippen LogP contribution < -0.4 is 0 Å². The van der Waals surface area contributed by atoms with E-state index in [1.54, 1.807) is 0 Å². The maximum atomic E-state index is 10.9. The minimum absolute atomic E-state index is 0.121. The Bertz CT molecular complexity index is 185. The van der Waals surface area contributed by atoms with Crippen LogP contribution in [-0.2, 0) is 9.59 Å². The zero-order chi connectivity index (χ0) is 10.8. The number of carbonyl (C=O) groups excluding carboxylic acids is 2. The zero-order valence-electron chi connectivity index (χ0n) is 9.00. The van der Waals surface area contributed by atoms with Crippen LogP contribution in [0.5, 0.6) is 0 Å². The van der Waals surface area contributed by atoms with Gasteiger partial charge < -0.3 is 4.79 Å². The molecule has 0 radical (unpaired) electrons. The molecular weight excluding hydrogens is 176 g/mol. The molecule has 0 aromatic rings. The van der Waals surface area contributed by atoms with Crippen molar-refractivity contribution < 1.29 is 9.59 Å². The van der Waals surface area contributed by atoms with Crippen molar-refractivity contribution in [2.45, 2.75) is 45.4 Å². The van der Waals surface area contributed by atoms with Crippen LogP contribution in [0.15, 0.2) is 12.7 Å². The number of aldehydes is 1. The highest BCUT2D eigenvalue weighted by Crippen LogP contribution is 2.17. The Hall–Kier alpha value is -0.920. The van der Waals surface area contributed by atoms with Crippen LogP contribution in [0.3, 0.4) is 0 Å². The third kappa shape index (κ3) is 6.58. The fourth-order valence-electron chi connectivity index (χ4n) is 1.52. The van der Waals surface area contributed by atoms with E-state index in [0.717, 1.165) is 32.0 Å². The van der Waals surface area contributed by atoms with E-state index in [1.165, 1.54) is 6.08 Å². The van der Waals surface area contributed by atoms with Crippen molar-refractivity contribution in [2.24, 2.45) is 5.92 Å². The van der Waals surface area contributed by atoms with Gasteiger partial charge in [-0.25, -0.2) is 0 Å². The predicted molar refractivity (Wildman–Crippen MR) is 58.1 cm³/mol. The molecule has 0 heterocycles. The quantitative estimate of drug-likeness (QED) is 0.419. The van der Waals surface area contributed by atoms with Gasteiger partial charge in [-0.1, -0.05) is 26.3 Å². The van der Waals surface area contributed by atoms with Gasteiger partial charge in [0.15, 0.2) is 5.78 Å². The Kier molecular flexibility index (Phi) is 8.10. The van der Waals surface area contributed by atoms with Gasteiger partial charge in [-0.3, -0.25) is 4.79 Å². The van der Waals surface area contributed by atoms with Gasteiger partial charge in [0.1, 0.15) is 6.29 Å². The minimum Gasteiger partial charge on any atom is -0.303 e. The smallest absolute Gasteiger partial charge is 0.155 e. The van der Waals surface area contributed by atoms with Crippen molar-refractivity contribution >= 4 is 12.1 Å². The normalized spacial score (nSPS) is 12.1. The number of ketones is 1. The summed E-state index contributed by atoms with van der Waals surface area (Å²) in [5.74, 6) is 0.716. The van der Waals surface area contributed by atoms with E-state index in [-0.39, 0.29) is 5.78 Å². The lowest BCUT2D eigenvalue weighted by Gasteiger charge is -2.11. The molecule has 0 spiro atoms. The maximum absolute atomic E-state index is 10.9. The Morgan fingerprint density at radius 2 is 2.14 bits per heavy atom. The average molecular weight is 196 g/mol. The molecule has 1 atom stereocenters. The highest BCUT2D eigenvalue weighted by molar-refractivity contribution is 5.88. The Balaban J connectivity index is 3.56. The molecule has 0 bridgehead atoms. The molecule has 80 valence electrons. The van der Waals surface area contributed by atoms with Crippen LogP contribution in [0.1, 0.15) is 45.4 Å². The van der Waals surface area contributed by atoms with Crippen molar-refractivity contribution in [3.05, 3.63) is 12.7 Å². The summed E-state index contributed by atoms with van der Waals surface area (Å²) in [5.41, 5.74) is 0. The van der Waals surface area contributed by atoms with Crippen LogP contribution >= 0.6 is 0 Å². The number of carbonyl (C=O) groups is 2. The maximum Gasteiger partial charge on any atom is 0.155 e. The van der Waals surface area contributed by atoms with Crippen LogP contribution in [0, 0.1) is 5.92 Å². The summed E-state index contributed by atoms with van der Waals surface area (Å²) < 4.78 is 0. The number of allylic oxidation sites excluding steroid dienone is 1. The van der Waals surface area contributed by atoms with Crippen molar-refractivity contribution in [1.29, 1.82) is 0 Å². The Labute approximate surface area is 86.4 Å². The molecule has 0 fully saturated rings. The molecule has 0 rings (SSSR count). The first-order chi connectivity index (χ1) is 6.74. The SMILES string of the molecule is C=CC(=O)CCCC(CC)CCC=O. The van der Waals surface area contributed by atoms with Gasteiger partial charge in [0.05, 0.1) is 0 Å². The van der Waals surface area contributed by atoms with Crippen molar-refractivity contribution in [3.8, 4) is 0 Å². The highest BCUT2D eigenvalue weighted by Gasteiger charge is 2.06. The highest BCUT2D eigenvalue weighted by atomic mass is 16.1. The van der Waals surface area contributed by atoms with Crippen molar-refractivity contribution in [2.75, 3.05) is 0 Å². The van der Waals surface area contributed by atoms with Gasteiger partial charge in [-0.05, 0) is 24.8 Å². The second-order valence-corrected chi connectivity index (χ2v) is 3.58. The van der Waals surface area contributed by atoms with Gasteiger partial charge in [0.25, 0.3) is 0 Å². The summed E-state index contributed by atoms with van der Waals surface area (Å²) >= 11 is 0. The third-order valence-corrected chi connectivity index (χ3v) is 2.53. The summed E-state index contributed by atoms with van der Waals surface area (Å²) in [7, 11) is 0. The van der Waals surface area contributed by atoms with E-state index in [0.29, 0.717) is 18.8 Å². The Morgan fingerprint density at radius 1 is 1.43 bits per heavy atom. The first-order valence-electron chi connectivity index (χ1n) is 5.33. The molecule has 14 heavy (non-hydrogen) atoms. The molecule has 0 amide bonds. The molecule has 2 nitrogen and oxygen atoms in total. The fraction of sp³-hybridized carbons (Fsp3) is 0.667. The lowest BCUT2D eigenvalue weighted by Crippen LogP contribution is -2.01. The van der Waals surface area contributed by atoms with Gasteiger partial charge >= 0.3 is 0 Å². The van der Waals surface area contributed by atoms with Crippen molar-refractivity contribution in [3.63, 3.8) is 0 Å². The number of rotatable bonds is 9. The van der Waals surface area contributed by atoms with E-state index in [1.807, 2.05) is 0 Å².